The lowest BCUT2D eigenvalue weighted by Gasteiger charge is -2.27. The molecule has 0 saturated carbocycles. The molecule has 0 fully saturated rings. The van der Waals surface area contributed by atoms with Crippen LogP contribution in [0, 0.1) is 0 Å². The molecule has 0 heterocycles. The Hall–Kier alpha value is -0.950. The topological polar surface area (TPSA) is 110 Å². The average molecular weight is 556 g/mol. The zero-order valence-corrected chi connectivity index (χ0v) is 25.6. The molecule has 0 aromatic heterocycles. The highest BCUT2D eigenvalue weighted by molar-refractivity contribution is 5.80. The summed E-state index contributed by atoms with van der Waals surface area (Å²) in [6, 6.07) is -0.979. The molecule has 0 saturated heterocycles. The Kier molecular flexibility index (Phi) is 27.9. The van der Waals surface area contributed by atoms with E-state index in [1.54, 1.807) is 0 Å². The number of aliphatic hydroxyl groups excluding tert-OH is 4. The third-order valence-electron chi connectivity index (χ3n) is 7.73. The van der Waals surface area contributed by atoms with E-state index in [0.29, 0.717) is 12.8 Å². The molecule has 0 aromatic carbocycles. The smallest absolute Gasteiger partial charge is 0.249 e. The van der Waals surface area contributed by atoms with Gasteiger partial charge in [-0.15, -0.1) is 0 Å². The first-order valence-electron chi connectivity index (χ1n) is 16.6. The largest absolute Gasteiger partial charge is 0.394 e. The van der Waals surface area contributed by atoms with Crippen molar-refractivity contribution < 1.29 is 25.2 Å². The van der Waals surface area contributed by atoms with E-state index < -0.39 is 36.9 Å². The predicted octanol–water partition coefficient (Wildman–Crippen LogP) is 7.11. The predicted molar refractivity (Wildman–Crippen MR) is 164 cm³/mol. The Labute approximate surface area is 241 Å². The van der Waals surface area contributed by atoms with Crippen LogP contribution in [0.15, 0.2) is 12.2 Å². The van der Waals surface area contributed by atoms with E-state index in [-0.39, 0.29) is 0 Å². The Morgan fingerprint density at radius 2 is 1.03 bits per heavy atom. The van der Waals surface area contributed by atoms with Gasteiger partial charge in [-0.1, -0.05) is 135 Å². The fourth-order valence-electron chi connectivity index (χ4n) is 4.98. The van der Waals surface area contributed by atoms with Gasteiger partial charge in [0.15, 0.2) is 0 Å². The first-order chi connectivity index (χ1) is 19.0. The van der Waals surface area contributed by atoms with Crippen molar-refractivity contribution in [3.8, 4) is 0 Å². The molecule has 0 aromatic rings. The van der Waals surface area contributed by atoms with Gasteiger partial charge in [0, 0.05) is 0 Å². The number of hydrogen-bond acceptors (Lipinski definition) is 5. The van der Waals surface area contributed by atoms with Crippen LogP contribution in [0.5, 0.6) is 0 Å². The standard InChI is InChI=1S/C33H65NO5/c1-3-5-7-9-10-11-12-13-14-15-16-17-18-19-20-21-22-23-25-27-31(37)33(39)34-29(28-35)32(38)30(36)26-24-8-6-4-2/h16-17,29-32,35-38H,3-15,18-28H2,1-2H3,(H,34,39)/b17-16-. The second kappa shape index (κ2) is 28.6. The van der Waals surface area contributed by atoms with Crippen LogP contribution in [0.4, 0.5) is 0 Å². The summed E-state index contributed by atoms with van der Waals surface area (Å²) in [6.07, 6.45) is 27.2. The van der Waals surface area contributed by atoms with E-state index >= 15 is 0 Å². The third-order valence-corrected chi connectivity index (χ3v) is 7.73. The van der Waals surface area contributed by atoms with Crippen LogP contribution in [-0.2, 0) is 4.79 Å². The molecular formula is C33H65NO5. The van der Waals surface area contributed by atoms with Gasteiger partial charge in [-0.2, -0.15) is 0 Å². The van der Waals surface area contributed by atoms with Crippen LogP contribution in [0.1, 0.15) is 162 Å². The SMILES string of the molecule is CCCCCCCCCCC/C=C\CCCCCCCCC(O)C(=O)NC(CO)C(O)C(O)CCCCCC. The molecule has 6 nitrogen and oxygen atoms in total. The van der Waals surface area contributed by atoms with E-state index in [0.717, 1.165) is 51.4 Å². The molecule has 0 rings (SSSR count). The van der Waals surface area contributed by atoms with Gasteiger partial charge in [0.25, 0.3) is 0 Å². The van der Waals surface area contributed by atoms with Gasteiger partial charge in [-0.3, -0.25) is 4.79 Å². The lowest BCUT2D eigenvalue weighted by Crippen LogP contribution is -2.53. The Morgan fingerprint density at radius 1 is 0.615 bits per heavy atom. The molecule has 1 amide bonds. The molecule has 0 aliphatic carbocycles. The number of carbonyl (C=O) groups excluding carboxylic acids is 1. The lowest BCUT2D eigenvalue weighted by molar-refractivity contribution is -0.132. The van der Waals surface area contributed by atoms with E-state index in [2.05, 4.69) is 31.3 Å². The Morgan fingerprint density at radius 3 is 1.51 bits per heavy atom. The minimum atomic E-state index is -1.25. The molecular weight excluding hydrogens is 490 g/mol. The molecule has 4 unspecified atom stereocenters. The van der Waals surface area contributed by atoms with Gasteiger partial charge in [0.2, 0.25) is 5.91 Å². The van der Waals surface area contributed by atoms with Crippen LogP contribution < -0.4 is 5.32 Å². The first-order valence-corrected chi connectivity index (χ1v) is 16.6. The van der Waals surface area contributed by atoms with Crippen LogP contribution in [-0.4, -0.2) is 57.3 Å². The quantitative estimate of drug-likeness (QED) is 0.0499. The summed E-state index contributed by atoms with van der Waals surface area (Å²) in [5.74, 6) is -0.597. The summed E-state index contributed by atoms with van der Waals surface area (Å²) < 4.78 is 0. The highest BCUT2D eigenvalue weighted by atomic mass is 16.3. The van der Waals surface area contributed by atoms with Gasteiger partial charge < -0.3 is 25.7 Å². The number of hydrogen-bond donors (Lipinski definition) is 5. The zero-order valence-electron chi connectivity index (χ0n) is 25.6. The van der Waals surface area contributed by atoms with E-state index in [1.165, 1.54) is 83.5 Å². The van der Waals surface area contributed by atoms with Crippen molar-refractivity contribution in [1.29, 1.82) is 0 Å². The lowest BCUT2D eigenvalue weighted by atomic mass is 9.99. The normalized spacial score (nSPS) is 14.9. The summed E-state index contributed by atoms with van der Waals surface area (Å²) >= 11 is 0. The van der Waals surface area contributed by atoms with Crippen LogP contribution in [0.25, 0.3) is 0 Å². The second-order valence-corrected chi connectivity index (χ2v) is 11.5. The monoisotopic (exact) mass is 555 g/mol. The molecule has 0 aliphatic heterocycles. The summed E-state index contributed by atoms with van der Waals surface area (Å²) in [6.45, 7) is 3.89. The second-order valence-electron chi connectivity index (χ2n) is 11.5. The van der Waals surface area contributed by atoms with Crippen molar-refractivity contribution in [3.05, 3.63) is 12.2 Å². The minimum absolute atomic E-state index is 0.362. The number of rotatable bonds is 29. The van der Waals surface area contributed by atoms with E-state index in [4.69, 9.17) is 0 Å². The molecule has 5 N–H and O–H groups in total. The summed E-state index contributed by atoms with van der Waals surface area (Å²) in [5.41, 5.74) is 0. The maximum absolute atomic E-state index is 12.3. The molecule has 0 spiro atoms. The molecule has 39 heavy (non-hydrogen) atoms. The van der Waals surface area contributed by atoms with Crippen molar-refractivity contribution in [2.24, 2.45) is 0 Å². The molecule has 0 bridgehead atoms. The van der Waals surface area contributed by atoms with E-state index in [1.807, 2.05) is 0 Å². The van der Waals surface area contributed by atoms with Gasteiger partial charge in [-0.25, -0.2) is 0 Å². The maximum atomic E-state index is 12.3. The number of nitrogens with one attached hydrogen (secondary N) is 1. The van der Waals surface area contributed by atoms with Gasteiger partial charge in [-0.05, 0) is 38.5 Å². The fourth-order valence-corrected chi connectivity index (χ4v) is 4.98. The number of allylic oxidation sites excluding steroid dienone is 2. The van der Waals surface area contributed by atoms with Gasteiger partial charge in [0.05, 0.1) is 18.8 Å². The molecule has 0 radical (unpaired) electrons. The van der Waals surface area contributed by atoms with Crippen molar-refractivity contribution >= 4 is 5.91 Å². The van der Waals surface area contributed by atoms with Crippen LogP contribution in [0.3, 0.4) is 0 Å². The number of unbranched alkanes of at least 4 members (excludes halogenated alkanes) is 18. The molecule has 0 aliphatic rings. The Balaban J connectivity index is 3.70. The van der Waals surface area contributed by atoms with Crippen LogP contribution in [0.2, 0.25) is 0 Å². The van der Waals surface area contributed by atoms with Gasteiger partial charge >= 0.3 is 0 Å². The van der Waals surface area contributed by atoms with E-state index in [9.17, 15) is 25.2 Å². The van der Waals surface area contributed by atoms with Crippen molar-refractivity contribution in [2.75, 3.05) is 6.61 Å². The highest BCUT2D eigenvalue weighted by Crippen LogP contribution is 2.14. The van der Waals surface area contributed by atoms with Crippen molar-refractivity contribution in [1.82, 2.24) is 5.32 Å². The Bertz CT molecular complexity index is 556. The van der Waals surface area contributed by atoms with Crippen LogP contribution >= 0.6 is 0 Å². The number of aliphatic hydroxyl groups is 4. The zero-order chi connectivity index (χ0) is 29.0. The summed E-state index contributed by atoms with van der Waals surface area (Å²) in [7, 11) is 0. The molecule has 6 heteroatoms. The van der Waals surface area contributed by atoms with Crippen molar-refractivity contribution in [3.63, 3.8) is 0 Å². The minimum Gasteiger partial charge on any atom is -0.394 e. The average Bonchev–Trinajstić information content (AvgIpc) is 2.94. The van der Waals surface area contributed by atoms with Crippen molar-refractivity contribution in [2.45, 2.75) is 186 Å². The summed E-state index contributed by atoms with van der Waals surface area (Å²) in [5, 5.41) is 42.7. The highest BCUT2D eigenvalue weighted by Gasteiger charge is 2.28. The number of amides is 1. The first kappa shape index (κ1) is 38.0. The fraction of sp³-hybridized carbons (Fsp3) is 0.909. The maximum Gasteiger partial charge on any atom is 0.249 e. The molecule has 4 atom stereocenters. The molecule has 232 valence electrons. The third kappa shape index (κ3) is 23.5. The number of carbonyl (C=O) groups is 1. The van der Waals surface area contributed by atoms with Gasteiger partial charge in [0.1, 0.15) is 12.2 Å². The summed E-state index contributed by atoms with van der Waals surface area (Å²) in [4.78, 5) is 12.3.